The Bertz CT molecular complexity index is 678. The lowest BCUT2D eigenvalue weighted by Crippen LogP contribution is -2.24. The molecule has 1 amide bonds. The maximum Gasteiger partial charge on any atom is 0.254 e. The molecule has 2 aromatic carbocycles. The largest absolute Gasteiger partial charge is 0.348 e. The first kappa shape index (κ1) is 15.6. The second-order valence-corrected chi connectivity index (χ2v) is 5.68. The van der Waals surface area contributed by atoms with Gasteiger partial charge in [-0.25, -0.2) is 8.78 Å². The van der Waals surface area contributed by atoms with Crippen LogP contribution in [0, 0.1) is 25.5 Å². The molecular formula is C16H14BrF2NO. The SMILES string of the molecule is Cc1cc(CNC(=O)c2cccc(Br)c2F)cc(C)c1F. The number of hydrogen-bond donors (Lipinski definition) is 1. The smallest absolute Gasteiger partial charge is 0.254 e. The third-order valence-electron chi connectivity index (χ3n) is 3.15. The van der Waals surface area contributed by atoms with Gasteiger partial charge in [-0.2, -0.15) is 0 Å². The van der Waals surface area contributed by atoms with E-state index in [-0.39, 0.29) is 22.4 Å². The molecule has 0 aliphatic heterocycles. The van der Waals surface area contributed by atoms with Crippen molar-refractivity contribution in [2.75, 3.05) is 0 Å². The predicted octanol–water partition coefficient (Wildman–Crippen LogP) is 4.27. The highest BCUT2D eigenvalue weighted by Crippen LogP contribution is 2.19. The van der Waals surface area contributed by atoms with Crippen LogP contribution in [0.25, 0.3) is 0 Å². The minimum atomic E-state index is -0.596. The van der Waals surface area contributed by atoms with Crippen LogP contribution >= 0.6 is 15.9 Å². The molecule has 0 radical (unpaired) electrons. The molecule has 0 unspecified atom stereocenters. The zero-order valence-corrected chi connectivity index (χ0v) is 13.2. The third kappa shape index (κ3) is 3.47. The molecule has 0 fully saturated rings. The molecule has 2 rings (SSSR count). The summed E-state index contributed by atoms with van der Waals surface area (Å²) in [5.41, 5.74) is 1.79. The Morgan fingerprint density at radius 3 is 2.38 bits per heavy atom. The van der Waals surface area contributed by atoms with Crippen molar-refractivity contribution in [3.8, 4) is 0 Å². The average Bonchev–Trinajstić information content (AvgIpc) is 2.45. The van der Waals surface area contributed by atoms with Crippen molar-refractivity contribution in [1.82, 2.24) is 5.32 Å². The first-order valence-corrected chi connectivity index (χ1v) is 7.17. The second-order valence-electron chi connectivity index (χ2n) is 4.83. The number of carbonyl (C=O) groups excluding carboxylic acids is 1. The molecule has 2 nitrogen and oxygen atoms in total. The molecule has 0 saturated carbocycles. The highest BCUT2D eigenvalue weighted by atomic mass is 79.9. The Hall–Kier alpha value is -1.75. The van der Waals surface area contributed by atoms with Crippen LogP contribution in [0.15, 0.2) is 34.8 Å². The summed E-state index contributed by atoms with van der Waals surface area (Å²) in [4.78, 5) is 12.0. The van der Waals surface area contributed by atoms with Crippen molar-refractivity contribution in [3.63, 3.8) is 0 Å². The fourth-order valence-electron chi connectivity index (χ4n) is 2.09. The normalized spacial score (nSPS) is 10.5. The number of benzene rings is 2. The average molecular weight is 354 g/mol. The molecule has 0 atom stereocenters. The van der Waals surface area contributed by atoms with Crippen LogP contribution in [0.4, 0.5) is 8.78 Å². The van der Waals surface area contributed by atoms with Gasteiger partial charge in [0.15, 0.2) is 0 Å². The summed E-state index contributed by atoms with van der Waals surface area (Å²) < 4.78 is 27.6. The summed E-state index contributed by atoms with van der Waals surface area (Å²) in [6, 6.07) is 7.86. The highest BCUT2D eigenvalue weighted by Gasteiger charge is 2.13. The van der Waals surface area contributed by atoms with Gasteiger partial charge < -0.3 is 5.32 Å². The van der Waals surface area contributed by atoms with E-state index in [1.54, 1.807) is 32.0 Å². The Kier molecular flexibility index (Phi) is 4.73. The Labute approximate surface area is 130 Å². The van der Waals surface area contributed by atoms with E-state index >= 15 is 0 Å². The molecule has 0 saturated heterocycles. The number of hydrogen-bond acceptors (Lipinski definition) is 1. The van der Waals surface area contributed by atoms with Crippen molar-refractivity contribution >= 4 is 21.8 Å². The van der Waals surface area contributed by atoms with Crippen molar-refractivity contribution < 1.29 is 13.6 Å². The molecule has 0 aliphatic carbocycles. The quantitative estimate of drug-likeness (QED) is 0.876. The van der Waals surface area contributed by atoms with Crippen LogP contribution in [-0.4, -0.2) is 5.91 Å². The van der Waals surface area contributed by atoms with E-state index in [4.69, 9.17) is 0 Å². The van der Waals surface area contributed by atoms with Crippen LogP contribution in [0.1, 0.15) is 27.0 Å². The van der Waals surface area contributed by atoms with E-state index in [1.165, 1.54) is 12.1 Å². The van der Waals surface area contributed by atoms with E-state index in [2.05, 4.69) is 21.2 Å². The maximum atomic E-state index is 13.8. The van der Waals surface area contributed by atoms with Gasteiger partial charge in [-0.3, -0.25) is 4.79 Å². The van der Waals surface area contributed by atoms with Gasteiger partial charge in [-0.05, 0) is 58.6 Å². The molecule has 1 N–H and O–H groups in total. The van der Waals surface area contributed by atoms with Crippen molar-refractivity contribution in [2.24, 2.45) is 0 Å². The molecule has 0 aromatic heterocycles. The molecule has 21 heavy (non-hydrogen) atoms. The lowest BCUT2D eigenvalue weighted by Gasteiger charge is -2.09. The first-order chi connectivity index (χ1) is 9.90. The van der Waals surface area contributed by atoms with Crippen molar-refractivity contribution in [1.29, 1.82) is 0 Å². The summed E-state index contributed by atoms with van der Waals surface area (Å²) in [6.07, 6.45) is 0. The standard InChI is InChI=1S/C16H14BrF2NO/c1-9-6-11(7-10(2)14(9)18)8-20-16(21)12-4-3-5-13(17)15(12)19/h3-7H,8H2,1-2H3,(H,20,21). The van der Waals surface area contributed by atoms with Gasteiger partial charge in [0.1, 0.15) is 11.6 Å². The highest BCUT2D eigenvalue weighted by molar-refractivity contribution is 9.10. The third-order valence-corrected chi connectivity index (χ3v) is 3.76. The number of rotatable bonds is 3. The van der Waals surface area contributed by atoms with Gasteiger partial charge in [-0.15, -0.1) is 0 Å². The fourth-order valence-corrected chi connectivity index (χ4v) is 2.46. The minimum Gasteiger partial charge on any atom is -0.348 e. The molecule has 0 aliphatic rings. The van der Waals surface area contributed by atoms with Gasteiger partial charge in [-0.1, -0.05) is 18.2 Å². The van der Waals surface area contributed by atoms with Gasteiger partial charge >= 0.3 is 0 Å². The number of aryl methyl sites for hydroxylation is 2. The summed E-state index contributed by atoms with van der Waals surface area (Å²) in [5, 5.41) is 2.63. The van der Waals surface area contributed by atoms with Crippen LogP contribution < -0.4 is 5.32 Å². The molecule has 0 bridgehead atoms. The molecule has 110 valence electrons. The van der Waals surface area contributed by atoms with E-state index in [0.29, 0.717) is 11.1 Å². The second kappa shape index (κ2) is 6.35. The predicted molar refractivity (Wildman–Crippen MR) is 81.1 cm³/mol. The number of carbonyl (C=O) groups is 1. The maximum absolute atomic E-state index is 13.8. The van der Waals surface area contributed by atoms with Crippen LogP contribution in [0.2, 0.25) is 0 Å². The lowest BCUT2D eigenvalue weighted by atomic mass is 10.1. The number of halogens is 3. The summed E-state index contributed by atoms with van der Waals surface area (Å²) in [5.74, 6) is -1.35. The molecule has 0 spiro atoms. The number of amides is 1. The Balaban J connectivity index is 2.13. The van der Waals surface area contributed by atoms with E-state index in [0.717, 1.165) is 5.56 Å². The van der Waals surface area contributed by atoms with Gasteiger partial charge in [0.05, 0.1) is 10.0 Å². The topological polar surface area (TPSA) is 29.1 Å². The monoisotopic (exact) mass is 353 g/mol. The minimum absolute atomic E-state index is 0.0278. The van der Waals surface area contributed by atoms with Crippen LogP contribution in [-0.2, 0) is 6.54 Å². The van der Waals surface area contributed by atoms with E-state index in [1.807, 2.05) is 0 Å². The summed E-state index contributed by atoms with van der Waals surface area (Å²) >= 11 is 3.04. The van der Waals surface area contributed by atoms with Crippen LogP contribution in [0.3, 0.4) is 0 Å². The summed E-state index contributed by atoms with van der Waals surface area (Å²) in [6.45, 7) is 3.55. The number of nitrogens with one attached hydrogen (secondary N) is 1. The molecular weight excluding hydrogens is 340 g/mol. The zero-order valence-electron chi connectivity index (χ0n) is 11.6. The Morgan fingerprint density at radius 2 is 1.76 bits per heavy atom. The Morgan fingerprint density at radius 1 is 1.14 bits per heavy atom. The van der Waals surface area contributed by atoms with Crippen molar-refractivity contribution in [3.05, 3.63) is 68.7 Å². The first-order valence-electron chi connectivity index (χ1n) is 6.38. The zero-order chi connectivity index (χ0) is 15.6. The molecule has 5 heteroatoms. The molecule has 2 aromatic rings. The summed E-state index contributed by atoms with van der Waals surface area (Å²) in [7, 11) is 0. The molecule has 0 heterocycles. The fraction of sp³-hybridized carbons (Fsp3) is 0.188. The van der Waals surface area contributed by atoms with E-state index in [9.17, 15) is 13.6 Å². The lowest BCUT2D eigenvalue weighted by molar-refractivity contribution is 0.0946. The van der Waals surface area contributed by atoms with Gasteiger partial charge in [0.25, 0.3) is 5.91 Å². The van der Waals surface area contributed by atoms with Crippen LogP contribution in [0.5, 0.6) is 0 Å². The van der Waals surface area contributed by atoms with Crippen molar-refractivity contribution in [2.45, 2.75) is 20.4 Å². The van der Waals surface area contributed by atoms with E-state index < -0.39 is 11.7 Å². The van der Waals surface area contributed by atoms with Gasteiger partial charge in [0.2, 0.25) is 0 Å². The van der Waals surface area contributed by atoms with Gasteiger partial charge in [0, 0.05) is 6.54 Å².